The Morgan fingerprint density at radius 1 is 1.61 bits per heavy atom. The first-order valence-corrected chi connectivity index (χ1v) is 7.22. The summed E-state index contributed by atoms with van der Waals surface area (Å²) in [5, 5.41) is 5.05. The van der Waals surface area contributed by atoms with Gasteiger partial charge in [-0.1, -0.05) is 0 Å². The first-order chi connectivity index (χ1) is 8.76. The maximum Gasteiger partial charge on any atom is 0.264 e. The average Bonchev–Trinajstić information content (AvgIpc) is 2.88. The third-order valence-electron chi connectivity index (χ3n) is 3.35. The smallest absolute Gasteiger partial charge is 0.264 e. The SMILES string of the molecule is CNCC1CCCCN1C(=O)c1cc(OC)cs1. The molecule has 0 spiro atoms. The molecule has 18 heavy (non-hydrogen) atoms. The molecule has 1 aliphatic rings. The number of thiophene rings is 1. The van der Waals surface area contributed by atoms with Gasteiger partial charge in [-0.3, -0.25) is 4.79 Å². The number of nitrogens with zero attached hydrogens (tertiary/aromatic N) is 1. The van der Waals surface area contributed by atoms with Gasteiger partial charge in [0.15, 0.2) is 0 Å². The van der Waals surface area contributed by atoms with Crippen LogP contribution >= 0.6 is 11.3 Å². The summed E-state index contributed by atoms with van der Waals surface area (Å²) in [4.78, 5) is 15.2. The molecule has 100 valence electrons. The summed E-state index contributed by atoms with van der Waals surface area (Å²) in [6.45, 7) is 1.74. The highest BCUT2D eigenvalue weighted by atomic mass is 32.1. The first kappa shape index (κ1) is 13.4. The van der Waals surface area contributed by atoms with Gasteiger partial charge in [0, 0.05) is 30.6 Å². The molecule has 2 heterocycles. The molecule has 1 fully saturated rings. The molecule has 1 saturated heterocycles. The van der Waals surface area contributed by atoms with Gasteiger partial charge in [-0.2, -0.15) is 0 Å². The van der Waals surface area contributed by atoms with Gasteiger partial charge in [-0.15, -0.1) is 11.3 Å². The standard InChI is InChI=1S/C13H20N2O2S/c1-14-8-10-5-3-4-6-15(10)13(16)12-7-11(17-2)9-18-12/h7,9-10,14H,3-6,8H2,1-2H3. The zero-order chi connectivity index (χ0) is 13.0. The van der Waals surface area contributed by atoms with Gasteiger partial charge < -0.3 is 15.0 Å². The minimum atomic E-state index is 0.142. The van der Waals surface area contributed by atoms with Gasteiger partial charge in [0.1, 0.15) is 5.75 Å². The number of carbonyl (C=O) groups is 1. The Morgan fingerprint density at radius 2 is 2.44 bits per heavy atom. The number of amides is 1. The Hall–Kier alpha value is -1.07. The summed E-state index contributed by atoms with van der Waals surface area (Å²) in [5.41, 5.74) is 0. The number of rotatable bonds is 4. The summed E-state index contributed by atoms with van der Waals surface area (Å²) in [6, 6.07) is 2.15. The van der Waals surface area contributed by atoms with Crippen molar-refractivity contribution in [3.8, 4) is 5.75 Å². The molecule has 1 N–H and O–H groups in total. The molecular weight excluding hydrogens is 248 g/mol. The van der Waals surface area contributed by atoms with E-state index in [1.54, 1.807) is 7.11 Å². The number of carbonyl (C=O) groups excluding carboxylic acids is 1. The maximum absolute atomic E-state index is 12.5. The van der Waals surface area contributed by atoms with Gasteiger partial charge in [-0.25, -0.2) is 0 Å². The molecule has 4 nitrogen and oxygen atoms in total. The van der Waals surface area contributed by atoms with E-state index in [1.807, 2.05) is 23.4 Å². The third-order valence-corrected chi connectivity index (χ3v) is 4.25. The number of hydrogen-bond donors (Lipinski definition) is 1. The molecular formula is C13H20N2O2S. The molecule has 0 aliphatic carbocycles. The van der Waals surface area contributed by atoms with Gasteiger partial charge in [-0.05, 0) is 26.3 Å². The number of likely N-dealkylation sites (tertiary alicyclic amines) is 1. The van der Waals surface area contributed by atoms with Crippen LogP contribution in [-0.2, 0) is 0 Å². The van der Waals surface area contributed by atoms with Crippen LogP contribution in [0, 0.1) is 0 Å². The van der Waals surface area contributed by atoms with E-state index < -0.39 is 0 Å². The Bertz CT molecular complexity index is 403. The summed E-state index contributed by atoms with van der Waals surface area (Å²) in [5.74, 6) is 0.911. The van der Waals surface area contributed by atoms with Crippen molar-refractivity contribution in [3.63, 3.8) is 0 Å². The minimum absolute atomic E-state index is 0.142. The minimum Gasteiger partial charge on any atom is -0.496 e. The van der Waals surface area contributed by atoms with E-state index in [4.69, 9.17) is 4.74 Å². The fraction of sp³-hybridized carbons (Fsp3) is 0.615. The Morgan fingerprint density at radius 3 is 3.11 bits per heavy atom. The van der Waals surface area contributed by atoms with Crippen molar-refractivity contribution < 1.29 is 9.53 Å². The van der Waals surface area contributed by atoms with Crippen molar-refractivity contribution in [1.29, 1.82) is 0 Å². The quantitative estimate of drug-likeness (QED) is 0.908. The van der Waals surface area contributed by atoms with Crippen molar-refractivity contribution in [2.24, 2.45) is 0 Å². The molecule has 0 bridgehead atoms. The van der Waals surface area contributed by atoms with Crippen LogP contribution in [0.25, 0.3) is 0 Å². The predicted molar refractivity (Wildman–Crippen MR) is 73.5 cm³/mol. The van der Waals surface area contributed by atoms with Crippen molar-refractivity contribution in [3.05, 3.63) is 16.3 Å². The molecule has 1 aromatic heterocycles. The molecule has 1 amide bonds. The first-order valence-electron chi connectivity index (χ1n) is 6.34. The predicted octanol–water partition coefficient (Wildman–Crippen LogP) is 1.97. The Balaban J connectivity index is 2.10. The molecule has 1 aliphatic heterocycles. The summed E-state index contributed by atoms with van der Waals surface area (Å²) < 4.78 is 5.13. The average molecular weight is 268 g/mol. The summed E-state index contributed by atoms with van der Waals surface area (Å²) in [7, 11) is 3.56. The zero-order valence-corrected chi connectivity index (χ0v) is 11.8. The second-order valence-corrected chi connectivity index (χ2v) is 5.47. The van der Waals surface area contributed by atoms with E-state index in [2.05, 4.69) is 5.32 Å². The molecule has 2 rings (SSSR count). The van der Waals surface area contributed by atoms with Crippen LogP contribution in [0.5, 0.6) is 5.75 Å². The van der Waals surface area contributed by atoms with Gasteiger partial charge in [0.2, 0.25) is 0 Å². The van der Waals surface area contributed by atoms with Crippen molar-refractivity contribution in [1.82, 2.24) is 10.2 Å². The number of likely N-dealkylation sites (N-methyl/N-ethyl adjacent to an activating group) is 1. The van der Waals surface area contributed by atoms with Gasteiger partial charge >= 0.3 is 0 Å². The highest BCUT2D eigenvalue weighted by molar-refractivity contribution is 7.12. The van der Waals surface area contributed by atoms with E-state index >= 15 is 0 Å². The van der Waals surface area contributed by atoms with E-state index in [0.29, 0.717) is 6.04 Å². The fourth-order valence-electron chi connectivity index (χ4n) is 2.40. The van der Waals surface area contributed by atoms with Crippen molar-refractivity contribution in [2.45, 2.75) is 25.3 Å². The van der Waals surface area contributed by atoms with Gasteiger partial charge in [0.25, 0.3) is 5.91 Å². The van der Waals surface area contributed by atoms with E-state index in [-0.39, 0.29) is 5.91 Å². The number of methoxy groups -OCH3 is 1. The van der Waals surface area contributed by atoms with Crippen LogP contribution in [0.1, 0.15) is 28.9 Å². The molecule has 1 aromatic rings. The molecule has 5 heteroatoms. The Kier molecular flexibility index (Phi) is 4.60. The number of nitrogens with one attached hydrogen (secondary N) is 1. The lowest BCUT2D eigenvalue weighted by atomic mass is 10.0. The number of ether oxygens (including phenoxy) is 1. The molecule has 0 aromatic carbocycles. The van der Waals surface area contributed by atoms with Crippen LogP contribution < -0.4 is 10.1 Å². The Labute approximate surface area is 112 Å². The number of piperidine rings is 1. The topological polar surface area (TPSA) is 41.6 Å². The molecule has 0 saturated carbocycles. The summed E-state index contributed by atoms with van der Waals surface area (Å²) in [6.07, 6.45) is 3.41. The second-order valence-electron chi connectivity index (χ2n) is 4.56. The van der Waals surface area contributed by atoms with Crippen LogP contribution in [0.15, 0.2) is 11.4 Å². The second kappa shape index (κ2) is 6.20. The van der Waals surface area contributed by atoms with Crippen LogP contribution in [0.4, 0.5) is 0 Å². The van der Waals surface area contributed by atoms with Crippen LogP contribution in [0.2, 0.25) is 0 Å². The van der Waals surface area contributed by atoms with Crippen LogP contribution in [-0.4, -0.2) is 44.1 Å². The summed E-state index contributed by atoms with van der Waals surface area (Å²) >= 11 is 1.46. The van der Waals surface area contributed by atoms with Crippen molar-refractivity contribution >= 4 is 17.2 Å². The number of hydrogen-bond acceptors (Lipinski definition) is 4. The van der Waals surface area contributed by atoms with Crippen LogP contribution in [0.3, 0.4) is 0 Å². The molecule has 1 unspecified atom stereocenters. The highest BCUT2D eigenvalue weighted by Gasteiger charge is 2.27. The maximum atomic E-state index is 12.5. The van der Waals surface area contributed by atoms with E-state index in [9.17, 15) is 4.79 Å². The van der Waals surface area contributed by atoms with Crippen molar-refractivity contribution in [2.75, 3.05) is 27.2 Å². The zero-order valence-electron chi connectivity index (χ0n) is 10.9. The normalized spacial score (nSPS) is 19.9. The van der Waals surface area contributed by atoms with Gasteiger partial charge in [0.05, 0.1) is 12.0 Å². The fourth-order valence-corrected chi connectivity index (χ4v) is 3.20. The lowest BCUT2D eigenvalue weighted by Gasteiger charge is -2.35. The molecule has 0 radical (unpaired) electrons. The largest absolute Gasteiger partial charge is 0.496 e. The lowest BCUT2D eigenvalue weighted by Crippen LogP contribution is -2.47. The van der Waals surface area contributed by atoms with E-state index in [1.165, 1.54) is 17.8 Å². The third kappa shape index (κ3) is 2.84. The highest BCUT2D eigenvalue weighted by Crippen LogP contribution is 2.25. The van der Waals surface area contributed by atoms with E-state index in [0.717, 1.165) is 36.6 Å². The lowest BCUT2D eigenvalue weighted by molar-refractivity contribution is 0.0620. The monoisotopic (exact) mass is 268 g/mol. The molecule has 1 atom stereocenters.